The third-order valence-electron chi connectivity index (χ3n) is 3.92. The lowest BCUT2D eigenvalue weighted by molar-refractivity contribution is -0.124. The maximum absolute atomic E-state index is 12.0. The molecule has 3 rings (SSSR count). The molecule has 1 aliphatic heterocycles. The number of anilines is 3. The molecule has 1 aromatic heterocycles. The smallest absolute Gasteiger partial charge is 0.253 e. The number of nitrogens with zero attached hydrogens (tertiary/aromatic N) is 1. The second-order valence-corrected chi connectivity index (χ2v) is 5.61. The Bertz CT molecular complexity index is 728. The minimum atomic E-state index is -0.360. The predicted octanol–water partition coefficient (Wildman–Crippen LogP) is 2.96. The summed E-state index contributed by atoms with van der Waals surface area (Å²) in [6, 6.07) is 9.05. The average Bonchev–Trinajstić information content (AvgIpc) is 3.18. The van der Waals surface area contributed by atoms with Crippen molar-refractivity contribution in [3.05, 3.63) is 36.5 Å². The van der Waals surface area contributed by atoms with E-state index < -0.39 is 0 Å². The molecule has 1 saturated heterocycles. The fourth-order valence-corrected chi connectivity index (χ4v) is 2.59. The van der Waals surface area contributed by atoms with E-state index >= 15 is 0 Å². The number of aromatic nitrogens is 1. The largest absolute Gasteiger partial charge is 0.497 e. The van der Waals surface area contributed by atoms with Gasteiger partial charge in [0.25, 0.3) is 5.91 Å². The number of benzene rings is 1. The summed E-state index contributed by atoms with van der Waals surface area (Å²) in [6.07, 6.45) is 2.92. The van der Waals surface area contributed by atoms with Crippen molar-refractivity contribution in [2.24, 2.45) is 0 Å². The van der Waals surface area contributed by atoms with E-state index in [-0.39, 0.29) is 12.0 Å². The monoisotopic (exact) mass is 343 g/mol. The van der Waals surface area contributed by atoms with Gasteiger partial charge in [-0.05, 0) is 37.1 Å². The van der Waals surface area contributed by atoms with Crippen LogP contribution in [0.15, 0.2) is 36.5 Å². The molecule has 7 nitrogen and oxygen atoms in total. The highest BCUT2D eigenvalue weighted by molar-refractivity contribution is 5.94. The van der Waals surface area contributed by atoms with Gasteiger partial charge in [-0.3, -0.25) is 4.79 Å². The van der Waals surface area contributed by atoms with Crippen LogP contribution in [0.4, 0.5) is 17.2 Å². The van der Waals surface area contributed by atoms with Crippen molar-refractivity contribution >= 4 is 23.1 Å². The number of rotatable bonds is 6. The lowest BCUT2D eigenvalue weighted by Crippen LogP contribution is -2.26. The van der Waals surface area contributed by atoms with Crippen LogP contribution in [0.25, 0.3) is 0 Å². The number of ether oxygens (including phenoxy) is 3. The zero-order valence-corrected chi connectivity index (χ0v) is 14.2. The molecule has 25 heavy (non-hydrogen) atoms. The Labute approximate surface area is 146 Å². The van der Waals surface area contributed by atoms with Crippen LogP contribution in [0.2, 0.25) is 0 Å². The van der Waals surface area contributed by atoms with Gasteiger partial charge in [-0.1, -0.05) is 0 Å². The summed E-state index contributed by atoms with van der Waals surface area (Å²) in [5.74, 6) is 1.87. The van der Waals surface area contributed by atoms with Crippen molar-refractivity contribution in [3.63, 3.8) is 0 Å². The molecule has 1 fully saturated rings. The van der Waals surface area contributed by atoms with Gasteiger partial charge in [-0.25, -0.2) is 4.98 Å². The van der Waals surface area contributed by atoms with Gasteiger partial charge in [-0.2, -0.15) is 0 Å². The average molecular weight is 343 g/mol. The van der Waals surface area contributed by atoms with Gasteiger partial charge in [0.2, 0.25) is 0 Å². The van der Waals surface area contributed by atoms with Crippen LogP contribution in [0.1, 0.15) is 12.8 Å². The summed E-state index contributed by atoms with van der Waals surface area (Å²) in [7, 11) is 3.20. The summed E-state index contributed by atoms with van der Waals surface area (Å²) >= 11 is 0. The summed E-state index contributed by atoms with van der Waals surface area (Å²) in [5, 5.41) is 6.00. The fraction of sp³-hybridized carbons (Fsp3) is 0.333. The zero-order chi connectivity index (χ0) is 17.6. The second-order valence-electron chi connectivity index (χ2n) is 5.61. The van der Waals surface area contributed by atoms with Crippen molar-refractivity contribution < 1.29 is 19.0 Å². The third-order valence-corrected chi connectivity index (χ3v) is 3.92. The Morgan fingerprint density at radius 3 is 2.76 bits per heavy atom. The molecule has 2 aromatic rings. The molecular weight excluding hydrogens is 322 g/mol. The summed E-state index contributed by atoms with van der Waals surface area (Å²) in [6.45, 7) is 0.642. The van der Waals surface area contributed by atoms with Crippen LogP contribution in [-0.4, -0.2) is 37.8 Å². The number of methoxy groups -OCH3 is 2. The van der Waals surface area contributed by atoms with Crippen molar-refractivity contribution in [3.8, 4) is 11.5 Å². The highest BCUT2D eigenvalue weighted by Gasteiger charge is 2.23. The number of amides is 1. The number of hydrogen-bond acceptors (Lipinski definition) is 6. The van der Waals surface area contributed by atoms with E-state index in [9.17, 15) is 4.79 Å². The first kappa shape index (κ1) is 17.0. The molecule has 2 heterocycles. The lowest BCUT2D eigenvalue weighted by Gasteiger charge is -2.13. The van der Waals surface area contributed by atoms with E-state index in [1.165, 1.54) is 0 Å². The molecule has 1 amide bonds. The maximum atomic E-state index is 12.0. The van der Waals surface area contributed by atoms with E-state index in [0.29, 0.717) is 29.6 Å². The molecule has 0 radical (unpaired) electrons. The van der Waals surface area contributed by atoms with Crippen LogP contribution in [0.5, 0.6) is 11.5 Å². The highest BCUT2D eigenvalue weighted by atomic mass is 16.5. The molecule has 0 saturated carbocycles. The standard InChI is InChI=1S/C18H21N3O4/c1-23-13-6-7-14(16(10-13)24-2)21-17-8-5-12(11-19-17)20-18(22)15-4-3-9-25-15/h5-8,10-11,15H,3-4,9H2,1-2H3,(H,19,21)(H,20,22). The molecule has 1 aromatic carbocycles. The van der Waals surface area contributed by atoms with Gasteiger partial charge in [-0.15, -0.1) is 0 Å². The van der Waals surface area contributed by atoms with E-state index in [2.05, 4.69) is 15.6 Å². The number of pyridine rings is 1. The maximum Gasteiger partial charge on any atom is 0.253 e. The Kier molecular flexibility index (Phi) is 5.35. The minimum Gasteiger partial charge on any atom is -0.497 e. The number of carbonyl (C=O) groups is 1. The van der Waals surface area contributed by atoms with E-state index in [1.807, 2.05) is 12.1 Å². The first-order valence-corrected chi connectivity index (χ1v) is 8.07. The number of carbonyl (C=O) groups excluding carboxylic acids is 1. The van der Waals surface area contributed by atoms with Gasteiger partial charge in [0.15, 0.2) is 0 Å². The summed E-state index contributed by atoms with van der Waals surface area (Å²) < 4.78 is 15.9. The van der Waals surface area contributed by atoms with Gasteiger partial charge < -0.3 is 24.8 Å². The Morgan fingerprint density at radius 1 is 1.24 bits per heavy atom. The van der Waals surface area contributed by atoms with E-state index in [4.69, 9.17) is 14.2 Å². The molecule has 1 aliphatic rings. The second kappa shape index (κ2) is 7.85. The zero-order valence-electron chi connectivity index (χ0n) is 14.2. The molecule has 132 valence electrons. The van der Waals surface area contributed by atoms with Crippen LogP contribution < -0.4 is 20.1 Å². The third kappa shape index (κ3) is 4.19. The molecule has 2 N–H and O–H groups in total. The van der Waals surface area contributed by atoms with Crippen molar-refractivity contribution in [1.82, 2.24) is 4.98 Å². The fourth-order valence-electron chi connectivity index (χ4n) is 2.59. The van der Waals surface area contributed by atoms with Crippen molar-refractivity contribution in [1.29, 1.82) is 0 Å². The summed E-state index contributed by atoms with van der Waals surface area (Å²) in [5.41, 5.74) is 1.40. The Balaban J connectivity index is 1.65. The predicted molar refractivity (Wildman–Crippen MR) is 94.7 cm³/mol. The van der Waals surface area contributed by atoms with Crippen LogP contribution in [0.3, 0.4) is 0 Å². The van der Waals surface area contributed by atoms with Crippen molar-refractivity contribution in [2.45, 2.75) is 18.9 Å². The number of hydrogen-bond donors (Lipinski definition) is 2. The highest BCUT2D eigenvalue weighted by Crippen LogP contribution is 2.31. The van der Waals surface area contributed by atoms with Gasteiger partial charge in [0.05, 0.1) is 31.8 Å². The normalized spacial score (nSPS) is 16.3. The molecular formula is C18H21N3O4. The number of nitrogens with one attached hydrogen (secondary N) is 2. The van der Waals surface area contributed by atoms with E-state index in [1.54, 1.807) is 38.6 Å². The molecule has 7 heteroatoms. The lowest BCUT2D eigenvalue weighted by atomic mass is 10.2. The van der Waals surface area contributed by atoms with Gasteiger partial charge >= 0.3 is 0 Å². The summed E-state index contributed by atoms with van der Waals surface area (Å²) in [4.78, 5) is 16.3. The van der Waals surface area contributed by atoms with Crippen LogP contribution >= 0.6 is 0 Å². The molecule has 0 aliphatic carbocycles. The Morgan fingerprint density at radius 2 is 2.12 bits per heavy atom. The molecule has 1 unspecified atom stereocenters. The topological polar surface area (TPSA) is 81.7 Å². The molecule has 0 spiro atoms. The van der Waals surface area contributed by atoms with Crippen LogP contribution in [0, 0.1) is 0 Å². The van der Waals surface area contributed by atoms with Crippen molar-refractivity contribution in [2.75, 3.05) is 31.5 Å². The quantitative estimate of drug-likeness (QED) is 0.839. The van der Waals surface area contributed by atoms with Crippen LogP contribution in [-0.2, 0) is 9.53 Å². The van der Waals surface area contributed by atoms with E-state index in [0.717, 1.165) is 18.5 Å². The Hall–Kier alpha value is -2.80. The van der Waals surface area contributed by atoms with Gasteiger partial charge in [0.1, 0.15) is 23.4 Å². The van der Waals surface area contributed by atoms with Gasteiger partial charge in [0, 0.05) is 12.7 Å². The first-order chi connectivity index (χ1) is 12.2. The molecule has 1 atom stereocenters. The molecule has 0 bridgehead atoms. The first-order valence-electron chi connectivity index (χ1n) is 8.07. The minimum absolute atomic E-state index is 0.128. The SMILES string of the molecule is COc1ccc(Nc2ccc(NC(=O)C3CCCO3)cn2)c(OC)c1.